The molecule has 27 heavy (non-hydrogen) atoms. The molecule has 0 amide bonds. The highest BCUT2D eigenvalue weighted by atomic mass is 15.6. The summed E-state index contributed by atoms with van der Waals surface area (Å²) in [5, 5.41) is 12.7. The number of tetrazole rings is 1. The molecule has 3 aliphatic heterocycles. The third kappa shape index (κ3) is 2.76. The molecule has 4 atom stereocenters. The van der Waals surface area contributed by atoms with Crippen LogP contribution in [-0.4, -0.2) is 56.8 Å². The highest BCUT2D eigenvalue weighted by molar-refractivity contribution is 5.41. The van der Waals surface area contributed by atoms with Gasteiger partial charge in [0.1, 0.15) is 0 Å². The van der Waals surface area contributed by atoms with Crippen molar-refractivity contribution in [3.05, 3.63) is 30.3 Å². The van der Waals surface area contributed by atoms with Gasteiger partial charge in [-0.2, -0.15) is 4.68 Å². The molecule has 6 nitrogen and oxygen atoms in total. The molecular weight excluding hydrogens is 336 g/mol. The smallest absolute Gasteiger partial charge is 0.250 e. The van der Waals surface area contributed by atoms with Crippen molar-refractivity contribution in [2.24, 2.45) is 17.8 Å². The molecule has 1 saturated carbocycles. The second-order valence-electron chi connectivity index (χ2n) is 9.09. The maximum atomic E-state index is 4.41. The summed E-state index contributed by atoms with van der Waals surface area (Å²) in [6.45, 7) is 3.47. The summed E-state index contributed by atoms with van der Waals surface area (Å²) in [6, 6.07) is 11.9. The van der Waals surface area contributed by atoms with Gasteiger partial charge >= 0.3 is 0 Å². The molecule has 6 rings (SSSR count). The molecule has 4 fully saturated rings. The van der Waals surface area contributed by atoms with E-state index in [1.807, 2.05) is 22.9 Å². The molecule has 1 aliphatic carbocycles. The topological polar surface area (TPSA) is 50.1 Å². The molecule has 4 heterocycles. The fourth-order valence-corrected chi connectivity index (χ4v) is 6.11. The number of piperidine rings is 3. The fourth-order valence-electron chi connectivity index (χ4n) is 6.11. The predicted octanol–water partition coefficient (Wildman–Crippen LogP) is 2.75. The SMILES string of the molecule is c1ccc(-n2nnnc2N2C[C@@H]3C[C@H](C2)[C@@H]2CCC[C@H](C4CC4)N2C3)cc1. The minimum atomic E-state index is 0.750. The third-order valence-electron chi connectivity index (χ3n) is 7.34. The molecule has 0 spiro atoms. The Kier molecular flexibility index (Phi) is 3.74. The van der Waals surface area contributed by atoms with Gasteiger partial charge in [-0.15, -0.1) is 0 Å². The van der Waals surface area contributed by atoms with Crippen molar-refractivity contribution in [1.29, 1.82) is 0 Å². The first-order valence-corrected chi connectivity index (χ1v) is 10.7. The van der Waals surface area contributed by atoms with Gasteiger partial charge < -0.3 is 4.90 Å². The zero-order valence-electron chi connectivity index (χ0n) is 15.8. The Balaban J connectivity index is 1.26. The van der Waals surface area contributed by atoms with Crippen LogP contribution in [0.15, 0.2) is 30.3 Å². The van der Waals surface area contributed by atoms with Crippen LogP contribution < -0.4 is 4.90 Å². The minimum Gasteiger partial charge on any atom is -0.339 e. The van der Waals surface area contributed by atoms with Gasteiger partial charge in [0.05, 0.1) is 5.69 Å². The molecule has 6 heteroatoms. The molecule has 142 valence electrons. The minimum absolute atomic E-state index is 0.750. The van der Waals surface area contributed by atoms with Crippen LogP contribution in [0.1, 0.15) is 38.5 Å². The van der Waals surface area contributed by atoms with E-state index in [1.165, 1.54) is 45.1 Å². The Morgan fingerprint density at radius 1 is 0.852 bits per heavy atom. The molecule has 4 aliphatic rings. The number of fused-ring (bicyclic) bond motifs is 4. The summed E-state index contributed by atoms with van der Waals surface area (Å²) in [4.78, 5) is 5.40. The number of benzene rings is 1. The van der Waals surface area contributed by atoms with Crippen LogP contribution >= 0.6 is 0 Å². The van der Waals surface area contributed by atoms with Crippen LogP contribution in [0.5, 0.6) is 0 Å². The van der Waals surface area contributed by atoms with Crippen molar-refractivity contribution in [2.45, 2.75) is 50.6 Å². The van der Waals surface area contributed by atoms with Crippen molar-refractivity contribution in [3.63, 3.8) is 0 Å². The Hall–Kier alpha value is -1.95. The Morgan fingerprint density at radius 2 is 1.67 bits per heavy atom. The second-order valence-corrected chi connectivity index (χ2v) is 9.09. The van der Waals surface area contributed by atoms with Gasteiger partial charge in [0, 0.05) is 31.7 Å². The number of aromatic nitrogens is 4. The van der Waals surface area contributed by atoms with Crippen molar-refractivity contribution in [2.75, 3.05) is 24.5 Å². The van der Waals surface area contributed by atoms with E-state index in [4.69, 9.17) is 0 Å². The fraction of sp³-hybridized carbons (Fsp3) is 0.667. The van der Waals surface area contributed by atoms with E-state index >= 15 is 0 Å². The number of hydrogen-bond donors (Lipinski definition) is 0. The summed E-state index contributed by atoms with van der Waals surface area (Å²) >= 11 is 0. The molecular formula is C21H28N6. The third-order valence-corrected chi connectivity index (χ3v) is 7.34. The van der Waals surface area contributed by atoms with Gasteiger partial charge in [0.25, 0.3) is 0 Å². The first-order chi connectivity index (χ1) is 13.4. The van der Waals surface area contributed by atoms with Crippen LogP contribution in [0.25, 0.3) is 5.69 Å². The Morgan fingerprint density at radius 3 is 2.48 bits per heavy atom. The second kappa shape index (κ2) is 6.30. The van der Waals surface area contributed by atoms with Crippen LogP contribution in [0, 0.1) is 17.8 Å². The molecule has 0 unspecified atom stereocenters. The normalized spacial score (nSPS) is 33.7. The van der Waals surface area contributed by atoms with Crippen LogP contribution in [0.2, 0.25) is 0 Å². The Bertz CT molecular complexity index is 800. The number of nitrogens with zero attached hydrogens (tertiary/aromatic N) is 6. The standard InChI is InChI=1S/C21H28N6/c1-2-5-18(6-3-1)27-21(22-23-24-27)25-12-15-11-17(14-25)20-8-4-7-19(16-9-10-16)26(20)13-15/h1-3,5-6,15-17,19-20H,4,7-14H2/t15-,17+,19+,20-/m0/s1. The van der Waals surface area contributed by atoms with Crippen molar-refractivity contribution in [1.82, 2.24) is 25.1 Å². The average Bonchev–Trinajstić information content (AvgIpc) is 3.43. The lowest BCUT2D eigenvalue weighted by atomic mass is 9.74. The molecule has 1 aromatic heterocycles. The summed E-state index contributed by atoms with van der Waals surface area (Å²) in [5.41, 5.74) is 1.04. The van der Waals surface area contributed by atoms with Gasteiger partial charge in [-0.3, -0.25) is 4.90 Å². The van der Waals surface area contributed by atoms with Crippen LogP contribution in [-0.2, 0) is 0 Å². The van der Waals surface area contributed by atoms with E-state index < -0.39 is 0 Å². The quantitative estimate of drug-likeness (QED) is 0.838. The van der Waals surface area contributed by atoms with E-state index in [9.17, 15) is 0 Å². The van der Waals surface area contributed by atoms with E-state index in [2.05, 4.69) is 37.5 Å². The average molecular weight is 364 g/mol. The Labute approximate surface area is 160 Å². The van der Waals surface area contributed by atoms with E-state index in [-0.39, 0.29) is 0 Å². The summed E-state index contributed by atoms with van der Waals surface area (Å²) < 4.78 is 1.91. The predicted molar refractivity (Wildman–Crippen MR) is 104 cm³/mol. The molecule has 1 aromatic carbocycles. The number of hydrogen-bond acceptors (Lipinski definition) is 5. The molecule has 2 aromatic rings. The molecule has 0 N–H and O–H groups in total. The zero-order valence-corrected chi connectivity index (χ0v) is 15.8. The van der Waals surface area contributed by atoms with Crippen LogP contribution in [0.4, 0.5) is 5.95 Å². The molecule has 0 radical (unpaired) electrons. The van der Waals surface area contributed by atoms with Crippen molar-refractivity contribution in [3.8, 4) is 5.69 Å². The first kappa shape index (κ1) is 16.0. The highest BCUT2D eigenvalue weighted by Crippen LogP contribution is 2.46. The van der Waals surface area contributed by atoms with Gasteiger partial charge in [-0.05, 0) is 72.4 Å². The maximum absolute atomic E-state index is 4.41. The monoisotopic (exact) mass is 364 g/mol. The zero-order chi connectivity index (χ0) is 17.8. The van der Waals surface area contributed by atoms with Crippen LogP contribution in [0.3, 0.4) is 0 Å². The van der Waals surface area contributed by atoms with E-state index in [0.29, 0.717) is 0 Å². The maximum Gasteiger partial charge on any atom is 0.250 e. The molecule has 2 bridgehead atoms. The van der Waals surface area contributed by atoms with Gasteiger partial charge in [-0.25, -0.2) is 0 Å². The van der Waals surface area contributed by atoms with Gasteiger partial charge in [0.2, 0.25) is 5.95 Å². The van der Waals surface area contributed by atoms with E-state index in [1.54, 1.807) is 0 Å². The summed E-state index contributed by atoms with van der Waals surface area (Å²) in [7, 11) is 0. The summed E-state index contributed by atoms with van der Waals surface area (Å²) in [5.74, 6) is 3.44. The van der Waals surface area contributed by atoms with Crippen molar-refractivity contribution < 1.29 is 0 Å². The summed E-state index contributed by atoms with van der Waals surface area (Å²) in [6.07, 6.45) is 8.59. The number of anilines is 1. The molecule has 3 saturated heterocycles. The lowest BCUT2D eigenvalue weighted by molar-refractivity contribution is -0.0261. The number of para-hydroxylation sites is 1. The lowest BCUT2D eigenvalue weighted by Crippen LogP contribution is -2.62. The first-order valence-electron chi connectivity index (χ1n) is 10.7. The number of rotatable bonds is 3. The van der Waals surface area contributed by atoms with E-state index in [0.717, 1.165) is 54.6 Å². The van der Waals surface area contributed by atoms with Gasteiger partial charge in [-0.1, -0.05) is 29.7 Å². The lowest BCUT2D eigenvalue weighted by Gasteiger charge is -2.55. The highest BCUT2D eigenvalue weighted by Gasteiger charge is 2.48. The van der Waals surface area contributed by atoms with Gasteiger partial charge in [0.15, 0.2) is 0 Å². The largest absolute Gasteiger partial charge is 0.339 e. The van der Waals surface area contributed by atoms with Crippen molar-refractivity contribution >= 4 is 5.95 Å².